The zero-order valence-corrected chi connectivity index (χ0v) is 24.1. The van der Waals surface area contributed by atoms with E-state index in [0.29, 0.717) is 10.7 Å². The third-order valence-corrected chi connectivity index (χ3v) is 8.68. The third kappa shape index (κ3) is 6.08. The summed E-state index contributed by atoms with van der Waals surface area (Å²) in [5, 5.41) is 4.77. The Hall–Kier alpha value is -3.88. The first-order chi connectivity index (χ1) is 18.5. The van der Waals surface area contributed by atoms with Crippen molar-refractivity contribution in [3.8, 4) is 5.69 Å². The average molecular weight is 563 g/mol. The van der Waals surface area contributed by atoms with Gasteiger partial charge in [-0.2, -0.15) is 5.10 Å². The molecule has 7 nitrogen and oxygen atoms in total. The number of anilines is 1. The maximum absolute atomic E-state index is 13.7. The summed E-state index contributed by atoms with van der Waals surface area (Å²) in [6.45, 7) is 9.12. The average Bonchev–Trinajstić information content (AvgIpc) is 3.17. The molecule has 39 heavy (non-hydrogen) atoms. The van der Waals surface area contributed by atoms with E-state index in [4.69, 9.17) is 11.6 Å². The van der Waals surface area contributed by atoms with Crippen molar-refractivity contribution >= 4 is 39.4 Å². The Balaban J connectivity index is 1.59. The van der Waals surface area contributed by atoms with Crippen LogP contribution in [0.5, 0.6) is 0 Å². The second kappa shape index (κ2) is 11.5. The molecule has 1 aromatic heterocycles. The van der Waals surface area contributed by atoms with E-state index in [1.165, 1.54) is 0 Å². The first kappa shape index (κ1) is 28.1. The zero-order valence-electron chi connectivity index (χ0n) is 22.6. The summed E-state index contributed by atoms with van der Waals surface area (Å²) in [5.74, 6) is -0.563. The first-order valence-corrected chi connectivity index (χ1v) is 14.2. The molecule has 0 unspecified atom stereocenters. The minimum absolute atomic E-state index is 0.110. The van der Waals surface area contributed by atoms with Gasteiger partial charge >= 0.3 is 0 Å². The number of halogens is 1. The van der Waals surface area contributed by atoms with Gasteiger partial charge in [0.1, 0.15) is 6.54 Å². The van der Waals surface area contributed by atoms with Gasteiger partial charge in [0, 0.05) is 27.7 Å². The number of hydrazone groups is 1. The van der Waals surface area contributed by atoms with Gasteiger partial charge < -0.3 is 4.57 Å². The van der Waals surface area contributed by atoms with Gasteiger partial charge in [0.05, 0.1) is 16.8 Å². The molecule has 3 aromatic carbocycles. The highest BCUT2D eigenvalue weighted by atomic mass is 35.5. The van der Waals surface area contributed by atoms with Crippen LogP contribution in [0.15, 0.2) is 82.8 Å². The Morgan fingerprint density at radius 3 is 2.36 bits per heavy atom. The molecule has 1 heterocycles. The Kier molecular flexibility index (Phi) is 8.28. The van der Waals surface area contributed by atoms with Crippen LogP contribution in [0.3, 0.4) is 0 Å². The fourth-order valence-corrected chi connectivity index (χ4v) is 6.08. The van der Waals surface area contributed by atoms with Gasteiger partial charge in [-0.05, 0) is 88.2 Å². The summed E-state index contributed by atoms with van der Waals surface area (Å²) < 4.78 is 30.5. The molecular formula is C30H31ClN4O3S. The number of hydrogen-bond donors (Lipinski definition) is 1. The molecule has 0 aliphatic heterocycles. The standard InChI is InChI=1S/C30H31ClN4O3S/c1-20-12-14-28(15-13-20)39(37,38)34(29-11-6-8-21(2)23(29)4)19-30(36)33-32-18-25-16-22(3)35(24(25)5)27-10-7-9-26(31)17-27/h6-18H,19H2,1-5H3,(H,33,36)/b32-18-. The Morgan fingerprint density at radius 2 is 1.67 bits per heavy atom. The molecule has 4 rings (SSSR count). The summed E-state index contributed by atoms with van der Waals surface area (Å²) in [5.41, 5.74) is 9.21. The number of nitrogens with zero attached hydrogens (tertiary/aromatic N) is 3. The molecule has 0 saturated heterocycles. The predicted octanol–water partition coefficient (Wildman–Crippen LogP) is 6.02. The van der Waals surface area contributed by atoms with Gasteiger partial charge in [-0.3, -0.25) is 9.10 Å². The Morgan fingerprint density at radius 1 is 0.974 bits per heavy atom. The number of aryl methyl sites for hydroxylation is 3. The second-order valence-corrected chi connectivity index (χ2v) is 11.8. The molecule has 1 amide bonds. The molecule has 0 fully saturated rings. The van der Waals surface area contributed by atoms with Crippen LogP contribution >= 0.6 is 11.6 Å². The molecule has 0 bridgehead atoms. The zero-order chi connectivity index (χ0) is 28.3. The number of sulfonamides is 1. The van der Waals surface area contributed by atoms with E-state index >= 15 is 0 Å². The number of carbonyl (C=O) groups is 1. The lowest BCUT2D eigenvalue weighted by atomic mass is 10.1. The van der Waals surface area contributed by atoms with Gasteiger partial charge in [-0.25, -0.2) is 13.8 Å². The fraction of sp³-hybridized carbons (Fsp3) is 0.200. The minimum atomic E-state index is -4.02. The van der Waals surface area contributed by atoms with Gasteiger partial charge in [0.2, 0.25) is 0 Å². The van der Waals surface area contributed by atoms with Gasteiger partial charge in [0.25, 0.3) is 15.9 Å². The highest BCUT2D eigenvalue weighted by Crippen LogP contribution is 2.29. The van der Waals surface area contributed by atoms with Crippen LogP contribution in [-0.4, -0.2) is 31.7 Å². The number of nitrogens with one attached hydrogen (secondary N) is 1. The van der Waals surface area contributed by atoms with Gasteiger partial charge in [0.15, 0.2) is 0 Å². The van der Waals surface area contributed by atoms with Crippen LogP contribution in [0.1, 0.15) is 33.6 Å². The van der Waals surface area contributed by atoms with Crippen molar-refractivity contribution in [2.45, 2.75) is 39.5 Å². The molecule has 4 aromatic rings. The summed E-state index contributed by atoms with van der Waals surface area (Å²) in [7, 11) is -4.02. The largest absolute Gasteiger partial charge is 0.318 e. The van der Waals surface area contributed by atoms with E-state index in [1.807, 2.05) is 75.6 Å². The van der Waals surface area contributed by atoms with Crippen LogP contribution in [0.4, 0.5) is 5.69 Å². The minimum Gasteiger partial charge on any atom is -0.318 e. The maximum Gasteiger partial charge on any atom is 0.264 e. The predicted molar refractivity (Wildman–Crippen MR) is 158 cm³/mol. The van der Waals surface area contributed by atoms with Crippen LogP contribution < -0.4 is 9.73 Å². The van der Waals surface area contributed by atoms with Crippen molar-refractivity contribution in [1.82, 2.24) is 9.99 Å². The van der Waals surface area contributed by atoms with E-state index in [1.54, 1.807) is 42.6 Å². The van der Waals surface area contributed by atoms with Crippen molar-refractivity contribution in [2.75, 3.05) is 10.8 Å². The number of amides is 1. The van der Waals surface area contributed by atoms with Crippen LogP contribution in [0.2, 0.25) is 5.02 Å². The van der Waals surface area contributed by atoms with E-state index in [0.717, 1.165) is 43.6 Å². The normalized spacial score (nSPS) is 11.6. The smallest absolute Gasteiger partial charge is 0.264 e. The number of benzene rings is 3. The quantitative estimate of drug-likeness (QED) is 0.210. The van der Waals surface area contributed by atoms with Crippen molar-refractivity contribution in [3.63, 3.8) is 0 Å². The summed E-state index contributed by atoms with van der Waals surface area (Å²) >= 11 is 6.17. The van der Waals surface area contributed by atoms with Crippen molar-refractivity contribution in [1.29, 1.82) is 0 Å². The lowest BCUT2D eigenvalue weighted by molar-refractivity contribution is -0.119. The third-order valence-electron chi connectivity index (χ3n) is 6.67. The SMILES string of the molecule is Cc1ccc(S(=O)(=O)N(CC(=O)N/N=C\c2cc(C)n(-c3cccc(Cl)c3)c2C)c2cccc(C)c2C)cc1. The molecule has 0 saturated carbocycles. The highest BCUT2D eigenvalue weighted by Gasteiger charge is 2.28. The molecule has 0 aliphatic rings. The molecule has 0 radical (unpaired) electrons. The van der Waals surface area contributed by atoms with Crippen LogP contribution in [0, 0.1) is 34.6 Å². The number of hydrogen-bond acceptors (Lipinski definition) is 4. The summed E-state index contributed by atoms with van der Waals surface area (Å²) in [4.78, 5) is 13.1. The van der Waals surface area contributed by atoms with E-state index in [-0.39, 0.29) is 4.90 Å². The molecular weight excluding hydrogens is 532 g/mol. The molecule has 1 N–H and O–H groups in total. The lowest BCUT2D eigenvalue weighted by Crippen LogP contribution is -2.40. The van der Waals surface area contributed by atoms with Crippen molar-refractivity contribution in [2.24, 2.45) is 5.10 Å². The highest BCUT2D eigenvalue weighted by molar-refractivity contribution is 7.92. The lowest BCUT2D eigenvalue weighted by Gasteiger charge is -2.26. The van der Waals surface area contributed by atoms with Gasteiger partial charge in [-0.1, -0.05) is 47.5 Å². The number of carbonyl (C=O) groups excluding carboxylic acids is 1. The van der Waals surface area contributed by atoms with Crippen LogP contribution in [0.25, 0.3) is 5.69 Å². The van der Waals surface area contributed by atoms with Gasteiger partial charge in [-0.15, -0.1) is 0 Å². The Bertz CT molecular complexity index is 1660. The van der Waals surface area contributed by atoms with E-state index < -0.39 is 22.5 Å². The summed E-state index contributed by atoms with van der Waals surface area (Å²) in [6, 6.07) is 21.5. The first-order valence-electron chi connectivity index (χ1n) is 12.4. The second-order valence-electron chi connectivity index (χ2n) is 9.48. The van der Waals surface area contributed by atoms with Crippen LogP contribution in [-0.2, 0) is 14.8 Å². The maximum atomic E-state index is 13.7. The molecule has 9 heteroatoms. The number of rotatable bonds is 8. The fourth-order valence-electron chi connectivity index (χ4n) is 4.41. The van der Waals surface area contributed by atoms with E-state index in [9.17, 15) is 13.2 Å². The monoisotopic (exact) mass is 562 g/mol. The molecule has 202 valence electrons. The molecule has 0 atom stereocenters. The molecule has 0 spiro atoms. The van der Waals surface area contributed by atoms with Crippen molar-refractivity contribution < 1.29 is 13.2 Å². The topological polar surface area (TPSA) is 83.8 Å². The van der Waals surface area contributed by atoms with Crippen molar-refractivity contribution in [3.05, 3.63) is 111 Å². The molecule has 0 aliphatic carbocycles. The van der Waals surface area contributed by atoms with E-state index in [2.05, 4.69) is 10.5 Å². The summed E-state index contributed by atoms with van der Waals surface area (Å²) in [6.07, 6.45) is 1.55. The Labute approximate surface area is 234 Å². The number of aromatic nitrogens is 1.